The molecule has 0 spiro atoms. The molecule has 0 radical (unpaired) electrons. The summed E-state index contributed by atoms with van der Waals surface area (Å²) in [5, 5.41) is 14.7. The molecule has 0 saturated carbocycles. The van der Waals surface area contributed by atoms with Crippen molar-refractivity contribution in [3.8, 4) is 0 Å². The van der Waals surface area contributed by atoms with E-state index in [1.165, 1.54) is 12.8 Å². The molecular formula is C14H19Cl2N3O2. The number of benzene rings is 1. The van der Waals surface area contributed by atoms with Gasteiger partial charge in [-0.1, -0.05) is 17.7 Å². The maximum absolute atomic E-state index is 10.9. The Balaban J connectivity index is 0.00000161. The van der Waals surface area contributed by atoms with Crippen LogP contribution in [0.3, 0.4) is 0 Å². The fraction of sp³-hybridized carbons (Fsp3) is 0.571. The third-order valence-corrected chi connectivity index (χ3v) is 4.67. The van der Waals surface area contributed by atoms with Gasteiger partial charge >= 0.3 is 0 Å². The Hall–Kier alpha value is -0.880. The molecule has 0 aromatic heterocycles. The number of fused-ring (bicyclic) bond motifs is 1. The quantitative estimate of drug-likeness (QED) is 0.683. The normalized spacial score (nSPS) is 25.2. The number of nitrogens with one attached hydrogen (secondary N) is 1. The molecule has 2 saturated heterocycles. The third kappa shape index (κ3) is 3.66. The number of halogens is 2. The fourth-order valence-corrected chi connectivity index (χ4v) is 3.51. The number of nitro groups is 1. The molecule has 0 amide bonds. The number of likely N-dealkylation sites (tertiary alicyclic amines) is 1. The highest BCUT2D eigenvalue weighted by Gasteiger charge is 2.32. The molecule has 1 aromatic rings. The Morgan fingerprint density at radius 2 is 2.24 bits per heavy atom. The summed E-state index contributed by atoms with van der Waals surface area (Å²) in [6.07, 6.45) is 2.41. The van der Waals surface area contributed by atoms with Gasteiger partial charge in [-0.15, -0.1) is 12.4 Å². The number of hydrogen-bond acceptors (Lipinski definition) is 4. The molecule has 5 nitrogen and oxygen atoms in total. The lowest BCUT2D eigenvalue weighted by molar-refractivity contribution is -0.384. The van der Waals surface area contributed by atoms with Gasteiger partial charge in [0.2, 0.25) is 0 Å². The van der Waals surface area contributed by atoms with Gasteiger partial charge in [0.15, 0.2) is 0 Å². The summed E-state index contributed by atoms with van der Waals surface area (Å²) in [5.41, 5.74) is 0.965. The molecule has 116 valence electrons. The van der Waals surface area contributed by atoms with Crippen molar-refractivity contribution in [2.75, 3.05) is 19.6 Å². The monoisotopic (exact) mass is 331 g/mol. The van der Waals surface area contributed by atoms with Crippen LogP contribution in [0.2, 0.25) is 5.02 Å². The summed E-state index contributed by atoms with van der Waals surface area (Å²) in [4.78, 5) is 12.9. The van der Waals surface area contributed by atoms with E-state index in [1.807, 2.05) is 6.07 Å². The summed E-state index contributed by atoms with van der Waals surface area (Å²) in [6.45, 7) is 4.01. The number of piperidine rings is 1. The molecule has 3 rings (SSSR count). The predicted molar refractivity (Wildman–Crippen MR) is 85.1 cm³/mol. The van der Waals surface area contributed by atoms with Gasteiger partial charge in [-0.3, -0.25) is 15.0 Å². The smallest absolute Gasteiger partial charge is 0.288 e. The lowest BCUT2D eigenvalue weighted by Crippen LogP contribution is -2.43. The van der Waals surface area contributed by atoms with Crippen molar-refractivity contribution in [3.05, 3.63) is 38.9 Å². The van der Waals surface area contributed by atoms with Gasteiger partial charge in [-0.2, -0.15) is 0 Å². The molecule has 21 heavy (non-hydrogen) atoms. The Labute approximate surface area is 135 Å². The number of nitro benzene ring substituents is 1. The van der Waals surface area contributed by atoms with E-state index in [9.17, 15) is 10.1 Å². The van der Waals surface area contributed by atoms with Gasteiger partial charge in [-0.25, -0.2) is 0 Å². The SMILES string of the molecule is Cl.O=[N+]([O-])c1cc(CN2CCC3NCCC3C2)ccc1Cl. The topological polar surface area (TPSA) is 58.4 Å². The Morgan fingerprint density at radius 1 is 1.43 bits per heavy atom. The van der Waals surface area contributed by atoms with Crippen LogP contribution < -0.4 is 5.32 Å². The summed E-state index contributed by atoms with van der Waals surface area (Å²) in [6, 6.07) is 5.78. The highest BCUT2D eigenvalue weighted by atomic mass is 35.5. The van der Waals surface area contributed by atoms with Gasteiger partial charge in [0.1, 0.15) is 5.02 Å². The highest BCUT2D eigenvalue weighted by Crippen LogP contribution is 2.28. The third-order valence-electron chi connectivity index (χ3n) is 4.35. The van der Waals surface area contributed by atoms with Gasteiger partial charge in [0.05, 0.1) is 4.92 Å². The molecule has 2 heterocycles. The maximum atomic E-state index is 10.9. The van der Waals surface area contributed by atoms with Crippen LogP contribution in [0.25, 0.3) is 0 Å². The van der Waals surface area contributed by atoms with Crippen molar-refractivity contribution < 1.29 is 4.92 Å². The molecule has 1 aromatic carbocycles. The van der Waals surface area contributed by atoms with Crippen LogP contribution in [0.15, 0.2) is 18.2 Å². The van der Waals surface area contributed by atoms with E-state index < -0.39 is 4.92 Å². The average molecular weight is 332 g/mol. The maximum Gasteiger partial charge on any atom is 0.288 e. The Morgan fingerprint density at radius 3 is 3.00 bits per heavy atom. The highest BCUT2D eigenvalue weighted by molar-refractivity contribution is 6.32. The van der Waals surface area contributed by atoms with Crippen LogP contribution in [0.4, 0.5) is 5.69 Å². The van der Waals surface area contributed by atoms with E-state index in [2.05, 4.69) is 10.2 Å². The molecule has 7 heteroatoms. The second kappa shape index (κ2) is 6.92. The van der Waals surface area contributed by atoms with Crippen LogP contribution in [0, 0.1) is 16.0 Å². The van der Waals surface area contributed by atoms with E-state index >= 15 is 0 Å². The van der Waals surface area contributed by atoms with Crippen LogP contribution in [0.5, 0.6) is 0 Å². The molecule has 2 unspecified atom stereocenters. The zero-order chi connectivity index (χ0) is 14.1. The summed E-state index contributed by atoms with van der Waals surface area (Å²) >= 11 is 5.84. The van der Waals surface area contributed by atoms with Gasteiger partial charge in [0, 0.05) is 25.2 Å². The minimum absolute atomic E-state index is 0. The van der Waals surface area contributed by atoms with E-state index in [4.69, 9.17) is 11.6 Å². The molecule has 1 N–H and O–H groups in total. The zero-order valence-electron chi connectivity index (χ0n) is 11.6. The van der Waals surface area contributed by atoms with Gasteiger partial charge in [0.25, 0.3) is 5.69 Å². The first-order valence-corrected chi connectivity index (χ1v) is 7.40. The van der Waals surface area contributed by atoms with Crippen LogP contribution in [-0.2, 0) is 6.54 Å². The number of hydrogen-bond donors (Lipinski definition) is 1. The predicted octanol–water partition coefficient (Wildman–Crippen LogP) is 2.85. The molecule has 2 fully saturated rings. The van der Waals surface area contributed by atoms with Gasteiger partial charge < -0.3 is 5.32 Å². The second-order valence-corrected chi connectivity index (χ2v) is 6.08. The average Bonchev–Trinajstić information content (AvgIpc) is 2.88. The second-order valence-electron chi connectivity index (χ2n) is 5.68. The fourth-order valence-electron chi connectivity index (χ4n) is 3.32. The minimum atomic E-state index is -0.418. The van der Waals surface area contributed by atoms with Gasteiger partial charge in [-0.05, 0) is 43.5 Å². The molecule has 0 aliphatic carbocycles. The molecule has 2 aliphatic rings. The van der Waals surface area contributed by atoms with Crippen molar-refractivity contribution in [1.29, 1.82) is 0 Å². The van der Waals surface area contributed by atoms with Crippen molar-refractivity contribution >= 4 is 29.7 Å². The van der Waals surface area contributed by atoms with Crippen molar-refractivity contribution in [2.45, 2.75) is 25.4 Å². The van der Waals surface area contributed by atoms with E-state index in [0.29, 0.717) is 6.04 Å². The summed E-state index contributed by atoms with van der Waals surface area (Å²) in [5.74, 6) is 0.728. The molecule has 2 atom stereocenters. The minimum Gasteiger partial charge on any atom is -0.314 e. The van der Waals surface area contributed by atoms with Crippen LogP contribution in [0.1, 0.15) is 18.4 Å². The van der Waals surface area contributed by atoms with Crippen molar-refractivity contribution in [2.24, 2.45) is 5.92 Å². The summed E-state index contributed by atoms with van der Waals surface area (Å²) in [7, 11) is 0. The molecular weight excluding hydrogens is 313 g/mol. The van der Waals surface area contributed by atoms with E-state index in [1.54, 1.807) is 12.1 Å². The lowest BCUT2D eigenvalue weighted by Gasteiger charge is -2.34. The first kappa shape index (κ1) is 16.5. The van der Waals surface area contributed by atoms with E-state index in [0.717, 1.165) is 37.7 Å². The number of nitrogens with zero attached hydrogens (tertiary/aromatic N) is 2. The zero-order valence-corrected chi connectivity index (χ0v) is 13.2. The Bertz CT molecular complexity index is 527. The number of rotatable bonds is 3. The summed E-state index contributed by atoms with van der Waals surface area (Å²) < 4.78 is 0. The first-order chi connectivity index (χ1) is 9.63. The van der Waals surface area contributed by atoms with Crippen LogP contribution >= 0.6 is 24.0 Å². The van der Waals surface area contributed by atoms with Crippen LogP contribution in [-0.4, -0.2) is 35.5 Å². The lowest BCUT2D eigenvalue weighted by atomic mass is 9.93. The largest absolute Gasteiger partial charge is 0.314 e. The molecule has 0 bridgehead atoms. The molecule has 2 aliphatic heterocycles. The standard InChI is InChI=1S/C14H18ClN3O2.ClH/c15-12-2-1-10(7-14(12)18(19)20)8-17-6-4-13-11(9-17)3-5-16-13;/h1-2,7,11,13,16H,3-6,8-9H2;1H. The van der Waals surface area contributed by atoms with E-state index in [-0.39, 0.29) is 23.1 Å². The van der Waals surface area contributed by atoms with Crippen molar-refractivity contribution in [1.82, 2.24) is 10.2 Å². The Kier molecular flexibility index (Phi) is 5.43. The van der Waals surface area contributed by atoms with Crippen molar-refractivity contribution in [3.63, 3.8) is 0 Å². The first-order valence-electron chi connectivity index (χ1n) is 7.02.